The molecule has 0 radical (unpaired) electrons. The zero-order valence-corrected chi connectivity index (χ0v) is 9.07. The third-order valence-corrected chi connectivity index (χ3v) is 2.11. The Morgan fingerprint density at radius 1 is 1.67 bits per heavy atom. The van der Waals surface area contributed by atoms with Gasteiger partial charge in [0.2, 0.25) is 5.91 Å². The molecule has 0 aliphatic carbocycles. The summed E-state index contributed by atoms with van der Waals surface area (Å²) >= 11 is 0. The predicted octanol–water partition coefficient (Wildman–Crippen LogP) is 0.258. The molecule has 0 fully saturated rings. The first kappa shape index (κ1) is 11.7. The van der Waals surface area contributed by atoms with Crippen LogP contribution in [0.25, 0.3) is 0 Å². The van der Waals surface area contributed by atoms with Gasteiger partial charge in [0.1, 0.15) is 5.82 Å². The van der Waals surface area contributed by atoms with Gasteiger partial charge in [-0.1, -0.05) is 6.92 Å². The van der Waals surface area contributed by atoms with Crippen LogP contribution in [0.2, 0.25) is 0 Å². The van der Waals surface area contributed by atoms with Crippen molar-refractivity contribution in [1.82, 2.24) is 14.9 Å². The molecule has 0 aromatic carbocycles. The molecule has 5 heteroatoms. The number of aromatic nitrogens is 2. The van der Waals surface area contributed by atoms with Crippen LogP contribution in [-0.4, -0.2) is 22.0 Å². The average Bonchev–Trinajstić information content (AvgIpc) is 2.63. The minimum atomic E-state index is -0.281. The Balaban J connectivity index is 2.42. The van der Waals surface area contributed by atoms with Gasteiger partial charge in [0.05, 0.1) is 6.54 Å². The molecule has 1 heterocycles. The van der Waals surface area contributed by atoms with E-state index < -0.39 is 0 Å². The number of carbonyl (C=O) groups is 1. The van der Waals surface area contributed by atoms with Crippen LogP contribution in [0.4, 0.5) is 0 Å². The highest BCUT2D eigenvalue weighted by atomic mass is 16.1. The van der Waals surface area contributed by atoms with Crippen molar-refractivity contribution in [2.24, 2.45) is 5.73 Å². The second kappa shape index (κ2) is 6.19. The summed E-state index contributed by atoms with van der Waals surface area (Å²) in [6, 6.07) is 0. The lowest BCUT2D eigenvalue weighted by molar-refractivity contribution is -0.118. The van der Waals surface area contributed by atoms with Crippen molar-refractivity contribution < 1.29 is 4.79 Å². The van der Waals surface area contributed by atoms with Crippen LogP contribution in [-0.2, 0) is 17.9 Å². The molecule has 0 saturated carbocycles. The minimum absolute atomic E-state index is 0.281. The largest absolute Gasteiger partial charge is 0.370 e. The highest BCUT2D eigenvalue weighted by Crippen LogP contribution is 1.99. The molecule has 0 aliphatic rings. The normalized spacial score (nSPS) is 10.5. The van der Waals surface area contributed by atoms with E-state index in [-0.39, 0.29) is 5.91 Å². The summed E-state index contributed by atoms with van der Waals surface area (Å²) in [5.41, 5.74) is 5.09. The van der Waals surface area contributed by atoms with E-state index in [0.717, 1.165) is 25.3 Å². The summed E-state index contributed by atoms with van der Waals surface area (Å²) < 4.78 is 1.95. The van der Waals surface area contributed by atoms with Crippen molar-refractivity contribution in [3.8, 4) is 0 Å². The van der Waals surface area contributed by atoms with Crippen molar-refractivity contribution >= 4 is 5.91 Å². The Morgan fingerprint density at radius 3 is 3.13 bits per heavy atom. The Hall–Kier alpha value is -1.36. The zero-order valence-electron chi connectivity index (χ0n) is 9.07. The number of primary amides is 1. The number of rotatable bonds is 7. The van der Waals surface area contributed by atoms with E-state index in [1.807, 2.05) is 10.8 Å². The molecule has 1 rings (SSSR count). The third-order valence-electron chi connectivity index (χ3n) is 2.11. The molecular formula is C10H18N4O. The monoisotopic (exact) mass is 210 g/mol. The van der Waals surface area contributed by atoms with Crippen LogP contribution in [0.3, 0.4) is 0 Å². The molecule has 0 atom stereocenters. The van der Waals surface area contributed by atoms with Crippen molar-refractivity contribution in [3.63, 3.8) is 0 Å². The van der Waals surface area contributed by atoms with E-state index in [1.54, 1.807) is 6.20 Å². The van der Waals surface area contributed by atoms with Crippen LogP contribution in [0.1, 0.15) is 25.6 Å². The molecule has 5 nitrogen and oxygen atoms in total. The molecule has 0 saturated heterocycles. The van der Waals surface area contributed by atoms with Crippen molar-refractivity contribution in [2.45, 2.75) is 32.9 Å². The molecule has 1 amide bonds. The first-order chi connectivity index (χ1) is 7.24. The molecular weight excluding hydrogens is 192 g/mol. The minimum Gasteiger partial charge on any atom is -0.370 e. The fourth-order valence-electron chi connectivity index (χ4n) is 1.32. The van der Waals surface area contributed by atoms with E-state index in [9.17, 15) is 4.79 Å². The highest BCUT2D eigenvalue weighted by Gasteiger charge is 2.02. The van der Waals surface area contributed by atoms with Crippen molar-refractivity contribution in [3.05, 3.63) is 18.2 Å². The highest BCUT2D eigenvalue weighted by molar-refractivity contribution is 5.73. The quantitative estimate of drug-likeness (QED) is 0.634. The van der Waals surface area contributed by atoms with Gasteiger partial charge >= 0.3 is 0 Å². The molecule has 1 aromatic heterocycles. The van der Waals surface area contributed by atoms with Gasteiger partial charge in [-0.3, -0.25) is 4.79 Å². The number of hydrogen-bond donors (Lipinski definition) is 2. The lowest BCUT2D eigenvalue weighted by Gasteiger charge is -2.06. The smallest absolute Gasteiger partial charge is 0.219 e. The maximum Gasteiger partial charge on any atom is 0.219 e. The van der Waals surface area contributed by atoms with Crippen LogP contribution >= 0.6 is 0 Å². The van der Waals surface area contributed by atoms with E-state index >= 15 is 0 Å². The lowest BCUT2D eigenvalue weighted by Crippen LogP contribution is -2.19. The summed E-state index contributed by atoms with van der Waals surface area (Å²) in [4.78, 5) is 14.9. The van der Waals surface area contributed by atoms with Crippen LogP contribution < -0.4 is 11.1 Å². The molecule has 0 aliphatic heterocycles. The van der Waals surface area contributed by atoms with Gasteiger partial charge in [-0.25, -0.2) is 4.98 Å². The Kier molecular flexibility index (Phi) is 4.83. The summed E-state index contributed by atoms with van der Waals surface area (Å²) in [6.45, 7) is 4.44. The van der Waals surface area contributed by atoms with Crippen LogP contribution in [0.5, 0.6) is 0 Å². The van der Waals surface area contributed by atoms with Gasteiger partial charge in [0.15, 0.2) is 0 Å². The number of aryl methyl sites for hydroxylation is 1. The third kappa shape index (κ3) is 4.12. The maximum absolute atomic E-state index is 10.6. The van der Waals surface area contributed by atoms with E-state index in [0.29, 0.717) is 13.0 Å². The summed E-state index contributed by atoms with van der Waals surface area (Å²) in [5, 5.41) is 3.27. The SMILES string of the molecule is CCCNCc1nccn1CCC(N)=O. The predicted molar refractivity (Wildman–Crippen MR) is 58.0 cm³/mol. The molecule has 15 heavy (non-hydrogen) atoms. The van der Waals surface area contributed by atoms with Gasteiger partial charge in [0, 0.05) is 25.4 Å². The number of imidazole rings is 1. The number of hydrogen-bond acceptors (Lipinski definition) is 3. The maximum atomic E-state index is 10.6. The van der Waals surface area contributed by atoms with Gasteiger partial charge in [0.25, 0.3) is 0 Å². The van der Waals surface area contributed by atoms with Crippen LogP contribution in [0, 0.1) is 0 Å². The summed E-state index contributed by atoms with van der Waals surface area (Å²) in [6.07, 6.45) is 5.06. The van der Waals surface area contributed by atoms with E-state index in [2.05, 4.69) is 17.2 Å². The van der Waals surface area contributed by atoms with Gasteiger partial charge in [-0.05, 0) is 13.0 Å². The number of amides is 1. The zero-order chi connectivity index (χ0) is 11.1. The summed E-state index contributed by atoms with van der Waals surface area (Å²) in [5.74, 6) is 0.667. The van der Waals surface area contributed by atoms with E-state index in [4.69, 9.17) is 5.73 Å². The fourth-order valence-corrected chi connectivity index (χ4v) is 1.32. The fraction of sp³-hybridized carbons (Fsp3) is 0.600. The van der Waals surface area contributed by atoms with Gasteiger partial charge < -0.3 is 15.6 Å². The first-order valence-corrected chi connectivity index (χ1v) is 5.23. The number of carbonyl (C=O) groups excluding carboxylic acids is 1. The molecule has 3 N–H and O–H groups in total. The Morgan fingerprint density at radius 2 is 2.47 bits per heavy atom. The number of nitrogens with one attached hydrogen (secondary N) is 1. The average molecular weight is 210 g/mol. The standard InChI is InChI=1S/C10H18N4O/c1-2-4-12-8-10-13-5-7-14(10)6-3-9(11)15/h5,7,12H,2-4,6,8H2,1H3,(H2,11,15). The molecule has 0 unspecified atom stereocenters. The van der Waals surface area contributed by atoms with Crippen LogP contribution in [0.15, 0.2) is 12.4 Å². The van der Waals surface area contributed by atoms with E-state index in [1.165, 1.54) is 0 Å². The molecule has 0 bridgehead atoms. The Bertz CT molecular complexity index is 308. The molecule has 1 aromatic rings. The second-order valence-corrected chi connectivity index (χ2v) is 3.43. The molecule has 84 valence electrons. The lowest BCUT2D eigenvalue weighted by atomic mass is 10.4. The van der Waals surface area contributed by atoms with Gasteiger partial charge in [-0.15, -0.1) is 0 Å². The van der Waals surface area contributed by atoms with Crippen molar-refractivity contribution in [1.29, 1.82) is 0 Å². The molecule has 0 spiro atoms. The van der Waals surface area contributed by atoms with Crippen molar-refractivity contribution in [2.75, 3.05) is 6.54 Å². The number of nitrogens with zero attached hydrogens (tertiary/aromatic N) is 2. The number of nitrogens with two attached hydrogens (primary N) is 1. The Labute approximate surface area is 89.7 Å². The first-order valence-electron chi connectivity index (χ1n) is 5.23. The van der Waals surface area contributed by atoms with Gasteiger partial charge in [-0.2, -0.15) is 0 Å². The topological polar surface area (TPSA) is 72.9 Å². The second-order valence-electron chi connectivity index (χ2n) is 3.43. The summed E-state index contributed by atoms with van der Waals surface area (Å²) in [7, 11) is 0.